The van der Waals surface area contributed by atoms with Crippen LogP contribution in [-0.2, 0) is 4.74 Å². The van der Waals surface area contributed by atoms with Gasteiger partial charge in [-0.3, -0.25) is 0 Å². The maximum absolute atomic E-state index is 11.9. The highest BCUT2D eigenvalue weighted by Crippen LogP contribution is 2.25. The Morgan fingerprint density at radius 3 is 2.85 bits per heavy atom. The highest BCUT2D eigenvalue weighted by molar-refractivity contribution is 5.74. The third kappa shape index (κ3) is 4.63. The minimum atomic E-state index is -0.367. The molecule has 2 fully saturated rings. The summed E-state index contributed by atoms with van der Waals surface area (Å²) in [5, 5.41) is 12.4. The number of β-amino-alcohol motifs (C(OH)–C–C–N with tert-alkyl or cyclic N) is 1. The van der Waals surface area contributed by atoms with Crippen molar-refractivity contribution in [3.8, 4) is 0 Å². The van der Waals surface area contributed by atoms with E-state index < -0.39 is 0 Å². The monoisotopic (exact) mass is 284 g/mol. The zero-order valence-electron chi connectivity index (χ0n) is 12.5. The topological polar surface area (TPSA) is 61.8 Å². The Bertz CT molecular complexity index is 311. The molecule has 1 saturated carbocycles. The summed E-state index contributed by atoms with van der Waals surface area (Å²) in [7, 11) is 0. The van der Waals surface area contributed by atoms with E-state index in [0.717, 1.165) is 25.8 Å². The predicted octanol–water partition coefficient (Wildman–Crippen LogP) is 1.75. The number of amides is 2. The molecule has 2 N–H and O–H groups in total. The fourth-order valence-corrected chi connectivity index (χ4v) is 3.15. The van der Waals surface area contributed by atoms with Gasteiger partial charge in [-0.15, -0.1) is 0 Å². The molecule has 0 bridgehead atoms. The lowest BCUT2D eigenvalue weighted by molar-refractivity contribution is -0.00297. The molecular formula is C15H28N2O3. The van der Waals surface area contributed by atoms with Crippen LogP contribution >= 0.6 is 0 Å². The maximum Gasteiger partial charge on any atom is 0.317 e. The van der Waals surface area contributed by atoms with Crippen molar-refractivity contribution in [1.82, 2.24) is 10.2 Å². The second-order valence-electron chi connectivity index (χ2n) is 6.14. The van der Waals surface area contributed by atoms with E-state index in [2.05, 4.69) is 12.2 Å². The van der Waals surface area contributed by atoms with E-state index in [-0.39, 0.29) is 12.1 Å². The summed E-state index contributed by atoms with van der Waals surface area (Å²) in [6.07, 6.45) is 6.64. The van der Waals surface area contributed by atoms with Crippen molar-refractivity contribution in [2.75, 3.05) is 26.2 Å². The van der Waals surface area contributed by atoms with Crippen LogP contribution in [0.1, 0.15) is 45.4 Å². The molecule has 0 unspecified atom stereocenters. The molecule has 0 aromatic rings. The second-order valence-corrected chi connectivity index (χ2v) is 6.14. The molecule has 2 aliphatic rings. The van der Waals surface area contributed by atoms with E-state index in [1.807, 2.05) is 0 Å². The molecule has 3 atom stereocenters. The maximum atomic E-state index is 11.9. The average Bonchev–Trinajstić information content (AvgIpc) is 2.45. The van der Waals surface area contributed by atoms with Crippen molar-refractivity contribution in [1.29, 1.82) is 0 Å². The molecule has 116 valence electrons. The molecule has 2 amide bonds. The molecule has 5 nitrogen and oxygen atoms in total. The fourth-order valence-electron chi connectivity index (χ4n) is 3.15. The van der Waals surface area contributed by atoms with E-state index in [9.17, 15) is 9.90 Å². The largest absolute Gasteiger partial charge is 0.391 e. The van der Waals surface area contributed by atoms with Gasteiger partial charge >= 0.3 is 6.03 Å². The lowest BCUT2D eigenvalue weighted by atomic mass is 9.88. The van der Waals surface area contributed by atoms with Crippen molar-refractivity contribution in [3.63, 3.8) is 0 Å². The molecule has 1 saturated heterocycles. The van der Waals surface area contributed by atoms with Gasteiger partial charge in [0.1, 0.15) is 0 Å². The summed E-state index contributed by atoms with van der Waals surface area (Å²) in [5.41, 5.74) is 0. The standard InChI is InChI=1S/C15H28N2O3/c1-12-5-2-3-7-14(12)20-10-8-16-15(19)17-9-4-6-13(18)11-17/h12-14,18H,2-11H2,1H3,(H,16,19)/t12-,13+,14-/m1/s1. The fraction of sp³-hybridized carbons (Fsp3) is 0.933. The van der Waals surface area contributed by atoms with Crippen LogP contribution < -0.4 is 5.32 Å². The van der Waals surface area contributed by atoms with Crippen LogP contribution in [0.4, 0.5) is 4.79 Å². The molecule has 0 aromatic carbocycles. The Labute approximate surface area is 121 Å². The summed E-state index contributed by atoms with van der Waals surface area (Å²) >= 11 is 0. The number of rotatable bonds is 4. The summed E-state index contributed by atoms with van der Waals surface area (Å²) in [4.78, 5) is 13.6. The third-order valence-corrected chi connectivity index (χ3v) is 4.43. The number of piperidine rings is 1. The smallest absolute Gasteiger partial charge is 0.317 e. The van der Waals surface area contributed by atoms with Crippen LogP contribution in [0.15, 0.2) is 0 Å². The first kappa shape index (κ1) is 15.6. The average molecular weight is 284 g/mol. The van der Waals surface area contributed by atoms with Crippen molar-refractivity contribution >= 4 is 6.03 Å². The van der Waals surface area contributed by atoms with Gasteiger partial charge in [-0.25, -0.2) is 4.79 Å². The molecule has 0 spiro atoms. The van der Waals surface area contributed by atoms with Gasteiger partial charge in [-0.1, -0.05) is 19.8 Å². The summed E-state index contributed by atoms with van der Waals surface area (Å²) in [6, 6.07) is -0.0796. The van der Waals surface area contributed by atoms with Crippen LogP contribution in [0.5, 0.6) is 0 Å². The van der Waals surface area contributed by atoms with Gasteiger partial charge in [0, 0.05) is 19.6 Å². The number of aliphatic hydroxyl groups is 1. The van der Waals surface area contributed by atoms with Gasteiger partial charge in [-0.2, -0.15) is 0 Å². The SMILES string of the molecule is C[C@@H]1CCCC[C@H]1OCCNC(=O)N1CCC[C@H](O)C1. The van der Waals surface area contributed by atoms with Crippen LogP contribution in [0.2, 0.25) is 0 Å². The molecule has 0 radical (unpaired) electrons. The van der Waals surface area contributed by atoms with Crippen molar-refractivity contribution < 1.29 is 14.6 Å². The number of ether oxygens (including phenoxy) is 1. The molecule has 1 aliphatic heterocycles. The van der Waals surface area contributed by atoms with E-state index in [1.165, 1.54) is 19.3 Å². The third-order valence-electron chi connectivity index (χ3n) is 4.43. The lowest BCUT2D eigenvalue weighted by Gasteiger charge is -2.31. The Hall–Kier alpha value is -0.810. The van der Waals surface area contributed by atoms with E-state index in [0.29, 0.717) is 31.7 Å². The van der Waals surface area contributed by atoms with Crippen LogP contribution in [0.3, 0.4) is 0 Å². The Kier molecular flexibility index (Phi) is 6.10. The zero-order chi connectivity index (χ0) is 14.4. The number of carbonyl (C=O) groups is 1. The first-order valence-corrected chi connectivity index (χ1v) is 7.99. The number of nitrogens with zero attached hydrogens (tertiary/aromatic N) is 1. The number of carbonyl (C=O) groups excluding carboxylic acids is 1. The van der Waals surface area contributed by atoms with Crippen molar-refractivity contribution in [2.24, 2.45) is 5.92 Å². The zero-order valence-corrected chi connectivity index (χ0v) is 12.5. The molecule has 1 heterocycles. The molecule has 20 heavy (non-hydrogen) atoms. The van der Waals surface area contributed by atoms with Gasteiger partial charge < -0.3 is 20.1 Å². The van der Waals surface area contributed by atoms with Crippen LogP contribution in [0, 0.1) is 5.92 Å². The molecule has 1 aliphatic carbocycles. The minimum absolute atomic E-state index is 0.0796. The van der Waals surface area contributed by atoms with Gasteiger partial charge in [0.25, 0.3) is 0 Å². The summed E-state index contributed by atoms with van der Waals surface area (Å²) < 4.78 is 5.87. The van der Waals surface area contributed by atoms with Gasteiger partial charge in [0.05, 0.1) is 18.8 Å². The number of urea groups is 1. The summed E-state index contributed by atoms with van der Waals surface area (Å²) in [6.45, 7) is 4.57. The lowest BCUT2D eigenvalue weighted by Crippen LogP contribution is -2.47. The molecule has 5 heteroatoms. The van der Waals surface area contributed by atoms with Crippen molar-refractivity contribution in [2.45, 2.75) is 57.7 Å². The van der Waals surface area contributed by atoms with E-state index in [1.54, 1.807) is 4.90 Å². The number of aliphatic hydroxyl groups excluding tert-OH is 1. The van der Waals surface area contributed by atoms with E-state index >= 15 is 0 Å². The minimum Gasteiger partial charge on any atom is -0.391 e. The Morgan fingerprint density at radius 2 is 2.10 bits per heavy atom. The second kappa shape index (κ2) is 7.84. The number of likely N-dealkylation sites (tertiary alicyclic amines) is 1. The van der Waals surface area contributed by atoms with Gasteiger partial charge in [-0.05, 0) is 31.6 Å². The highest BCUT2D eigenvalue weighted by atomic mass is 16.5. The quantitative estimate of drug-likeness (QED) is 0.773. The van der Waals surface area contributed by atoms with Gasteiger partial charge in [0.15, 0.2) is 0 Å². The van der Waals surface area contributed by atoms with E-state index in [4.69, 9.17) is 4.74 Å². The molecule has 2 rings (SSSR count). The molecule has 0 aromatic heterocycles. The Balaban J connectivity index is 1.59. The number of hydrogen-bond donors (Lipinski definition) is 2. The molecular weight excluding hydrogens is 256 g/mol. The number of nitrogens with one attached hydrogen (secondary N) is 1. The number of hydrogen-bond acceptors (Lipinski definition) is 3. The Morgan fingerprint density at radius 1 is 1.30 bits per heavy atom. The van der Waals surface area contributed by atoms with Crippen LogP contribution in [0.25, 0.3) is 0 Å². The normalized spacial score (nSPS) is 31.1. The first-order chi connectivity index (χ1) is 9.66. The highest BCUT2D eigenvalue weighted by Gasteiger charge is 2.23. The van der Waals surface area contributed by atoms with Crippen LogP contribution in [-0.4, -0.2) is 54.5 Å². The summed E-state index contributed by atoms with van der Waals surface area (Å²) in [5.74, 6) is 0.636. The van der Waals surface area contributed by atoms with Crippen molar-refractivity contribution in [3.05, 3.63) is 0 Å². The first-order valence-electron chi connectivity index (χ1n) is 7.99. The predicted molar refractivity (Wildman–Crippen MR) is 77.6 cm³/mol. The van der Waals surface area contributed by atoms with Gasteiger partial charge in [0.2, 0.25) is 0 Å².